The Morgan fingerprint density at radius 1 is 1.00 bits per heavy atom. The van der Waals surface area contributed by atoms with Gasteiger partial charge in [0.25, 0.3) is 0 Å². The first-order valence-corrected chi connectivity index (χ1v) is 7.81. The molecule has 2 rings (SSSR count). The van der Waals surface area contributed by atoms with E-state index in [0.717, 1.165) is 13.0 Å². The minimum Gasteiger partial charge on any atom is -0.339 e. The molecule has 1 unspecified atom stereocenters. The number of amides is 2. The van der Waals surface area contributed by atoms with Crippen molar-refractivity contribution in [2.75, 3.05) is 39.8 Å². The summed E-state index contributed by atoms with van der Waals surface area (Å²) in [6.45, 7) is 5.51. The summed E-state index contributed by atoms with van der Waals surface area (Å²) >= 11 is 0. The maximum absolute atomic E-state index is 12.2. The van der Waals surface area contributed by atoms with Crippen molar-refractivity contribution >= 4 is 11.8 Å². The van der Waals surface area contributed by atoms with E-state index in [9.17, 15) is 9.59 Å². The van der Waals surface area contributed by atoms with Crippen LogP contribution in [0.2, 0.25) is 0 Å². The minimum absolute atomic E-state index is 0.112. The van der Waals surface area contributed by atoms with Crippen LogP contribution in [0.25, 0.3) is 0 Å². The zero-order valence-electron chi connectivity index (χ0n) is 12.8. The van der Waals surface area contributed by atoms with Crippen LogP contribution >= 0.6 is 0 Å². The number of likely N-dealkylation sites (tertiary alicyclic amines) is 1. The van der Waals surface area contributed by atoms with Gasteiger partial charge in [0.2, 0.25) is 11.8 Å². The van der Waals surface area contributed by atoms with Crippen molar-refractivity contribution in [3.8, 4) is 0 Å². The second-order valence-electron chi connectivity index (χ2n) is 6.06. The molecule has 0 aromatic heterocycles. The second-order valence-corrected chi connectivity index (χ2v) is 6.06. The van der Waals surface area contributed by atoms with Gasteiger partial charge in [0.15, 0.2) is 0 Å². The third kappa shape index (κ3) is 3.95. The molecule has 0 aromatic rings. The molecule has 0 aromatic carbocycles. The summed E-state index contributed by atoms with van der Waals surface area (Å²) in [5.74, 6) is 0.369. The molecule has 0 spiro atoms. The van der Waals surface area contributed by atoms with Crippen molar-refractivity contribution in [3.63, 3.8) is 0 Å². The fraction of sp³-hybridized carbons (Fsp3) is 0.867. The number of piperidine rings is 1. The topological polar surface area (TPSA) is 43.9 Å². The van der Waals surface area contributed by atoms with Crippen LogP contribution in [0, 0.1) is 0 Å². The van der Waals surface area contributed by atoms with Gasteiger partial charge in [0.1, 0.15) is 0 Å². The van der Waals surface area contributed by atoms with Crippen LogP contribution in [0.1, 0.15) is 39.0 Å². The second kappa shape index (κ2) is 7.07. The minimum atomic E-state index is 0.112. The molecular weight excluding hydrogens is 254 g/mol. The van der Waals surface area contributed by atoms with E-state index in [-0.39, 0.29) is 11.8 Å². The Labute approximate surface area is 121 Å². The summed E-state index contributed by atoms with van der Waals surface area (Å²) in [6.07, 6.45) is 5.42. The largest absolute Gasteiger partial charge is 0.339 e. The summed E-state index contributed by atoms with van der Waals surface area (Å²) in [4.78, 5) is 29.6. The fourth-order valence-corrected chi connectivity index (χ4v) is 3.23. The van der Waals surface area contributed by atoms with Gasteiger partial charge in [-0.05, 0) is 32.9 Å². The average molecular weight is 281 g/mol. The molecule has 114 valence electrons. The van der Waals surface area contributed by atoms with E-state index in [2.05, 4.69) is 11.9 Å². The average Bonchev–Trinajstić information content (AvgIpc) is 2.46. The SMILES string of the molecule is CC(=O)N1CCN(C(=O)CCC2CCCCN2C)CC1. The van der Waals surface area contributed by atoms with E-state index in [1.807, 2.05) is 9.80 Å². The van der Waals surface area contributed by atoms with Crippen molar-refractivity contribution in [1.29, 1.82) is 0 Å². The predicted octanol–water partition coefficient (Wildman–Crippen LogP) is 0.942. The first-order chi connectivity index (χ1) is 9.58. The van der Waals surface area contributed by atoms with Gasteiger partial charge in [-0.2, -0.15) is 0 Å². The molecule has 0 radical (unpaired) electrons. The Bertz CT molecular complexity index is 351. The molecule has 2 aliphatic heterocycles. The predicted molar refractivity (Wildman–Crippen MR) is 78.3 cm³/mol. The highest BCUT2D eigenvalue weighted by molar-refractivity contribution is 5.77. The van der Waals surface area contributed by atoms with E-state index >= 15 is 0 Å². The molecule has 2 aliphatic rings. The van der Waals surface area contributed by atoms with Crippen molar-refractivity contribution in [2.24, 2.45) is 0 Å². The van der Waals surface area contributed by atoms with E-state index < -0.39 is 0 Å². The van der Waals surface area contributed by atoms with Crippen molar-refractivity contribution in [2.45, 2.75) is 45.1 Å². The van der Waals surface area contributed by atoms with Crippen LogP contribution in [-0.4, -0.2) is 72.3 Å². The lowest BCUT2D eigenvalue weighted by atomic mass is 9.98. The summed E-state index contributed by atoms with van der Waals surface area (Å²) in [7, 11) is 2.17. The first-order valence-electron chi connectivity index (χ1n) is 7.81. The van der Waals surface area contributed by atoms with E-state index in [1.54, 1.807) is 6.92 Å². The highest BCUT2D eigenvalue weighted by Gasteiger charge is 2.24. The van der Waals surface area contributed by atoms with Crippen LogP contribution in [0.3, 0.4) is 0 Å². The van der Waals surface area contributed by atoms with Crippen LogP contribution in [0.4, 0.5) is 0 Å². The Morgan fingerprint density at radius 3 is 2.25 bits per heavy atom. The highest BCUT2D eigenvalue weighted by atomic mass is 16.2. The molecule has 5 nitrogen and oxygen atoms in total. The Hall–Kier alpha value is -1.10. The molecule has 0 saturated carbocycles. The molecule has 20 heavy (non-hydrogen) atoms. The first kappa shape index (κ1) is 15.3. The quantitative estimate of drug-likeness (QED) is 0.773. The highest BCUT2D eigenvalue weighted by Crippen LogP contribution is 2.19. The van der Waals surface area contributed by atoms with E-state index in [0.29, 0.717) is 38.6 Å². The molecule has 1 atom stereocenters. The monoisotopic (exact) mass is 281 g/mol. The van der Waals surface area contributed by atoms with Crippen LogP contribution in [0.15, 0.2) is 0 Å². The molecule has 2 heterocycles. The van der Waals surface area contributed by atoms with Gasteiger partial charge in [0, 0.05) is 45.6 Å². The van der Waals surface area contributed by atoms with Crippen LogP contribution in [0.5, 0.6) is 0 Å². The molecule has 2 fully saturated rings. The van der Waals surface area contributed by atoms with Crippen LogP contribution in [-0.2, 0) is 9.59 Å². The normalized spacial score (nSPS) is 24.8. The van der Waals surface area contributed by atoms with E-state index in [4.69, 9.17) is 0 Å². The number of hydrogen-bond donors (Lipinski definition) is 0. The molecular formula is C15H27N3O2. The third-order valence-corrected chi connectivity index (χ3v) is 4.69. The van der Waals surface area contributed by atoms with Gasteiger partial charge in [-0.3, -0.25) is 9.59 Å². The Kier molecular flexibility index (Phi) is 5.40. The summed E-state index contributed by atoms with van der Waals surface area (Å²) < 4.78 is 0. The molecule has 2 saturated heterocycles. The molecule has 0 N–H and O–H groups in total. The lowest BCUT2D eigenvalue weighted by Crippen LogP contribution is -2.50. The number of rotatable bonds is 3. The van der Waals surface area contributed by atoms with Gasteiger partial charge in [-0.15, -0.1) is 0 Å². The molecule has 5 heteroatoms. The molecule has 0 bridgehead atoms. The third-order valence-electron chi connectivity index (χ3n) is 4.69. The van der Waals surface area contributed by atoms with Gasteiger partial charge in [-0.25, -0.2) is 0 Å². The molecule has 2 amide bonds. The summed E-state index contributed by atoms with van der Waals surface area (Å²) in [5.41, 5.74) is 0. The van der Waals surface area contributed by atoms with Gasteiger partial charge >= 0.3 is 0 Å². The number of hydrogen-bond acceptors (Lipinski definition) is 3. The Balaban J connectivity index is 1.71. The van der Waals surface area contributed by atoms with Gasteiger partial charge < -0.3 is 14.7 Å². The summed E-state index contributed by atoms with van der Waals surface area (Å²) in [6, 6.07) is 0.575. The number of piperazine rings is 1. The Morgan fingerprint density at radius 2 is 1.65 bits per heavy atom. The van der Waals surface area contributed by atoms with Gasteiger partial charge in [-0.1, -0.05) is 6.42 Å². The van der Waals surface area contributed by atoms with Gasteiger partial charge in [0.05, 0.1) is 0 Å². The lowest BCUT2D eigenvalue weighted by Gasteiger charge is -2.35. The smallest absolute Gasteiger partial charge is 0.222 e. The standard InChI is InChI=1S/C15H27N3O2/c1-13(19)17-9-11-18(12-10-17)15(20)7-6-14-5-3-4-8-16(14)2/h14H,3-12H2,1-2H3. The number of carbonyl (C=O) groups is 2. The number of nitrogens with zero attached hydrogens (tertiary/aromatic N) is 3. The zero-order chi connectivity index (χ0) is 14.5. The fourth-order valence-electron chi connectivity index (χ4n) is 3.23. The maximum atomic E-state index is 12.2. The van der Waals surface area contributed by atoms with E-state index in [1.165, 1.54) is 19.3 Å². The molecule has 0 aliphatic carbocycles. The lowest BCUT2D eigenvalue weighted by molar-refractivity contribution is -0.138. The van der Waals surface area contributed by atoms with Crippen molar-refractivity contribution < 1.29 is 9.59 Å². The zero-order valence-corrected chi connectivity index (χ0v) is 12.8. The maximum Gasteiger partial charge on any atom is 0.222 e. The van der Waals surface area contributed by atoms with Crippen molar-refractivity contribution in [1.82, 2.24) is 14.7 Å². The number of carbonyl (C=O) groups excluding carboxylic acids is 2. The summed E-state index contributed by atoms with van der Waals surface area (Å²) in [5, 5.41) is 0. The van der Waals surface area contributed by atoms with Crippen molar-refractivity contribution in [3.05, 3.63) is 0 Å². The van der Waals surface area contributed by atoms with Crippen LogP contribution < -0.4 is 0 Å².